The number of carbonyl (C=O) groups is 1. The summed E-state index contributed by atoms with van der Waals surface area (Å²) in [6.45, 7) is 0.683. The minimum absolute atomic E-state index is 0.114. The number of aromatic nitrogens is 3. The minimum atomic E-state index is -5.19. The summed E-state index contributed by atoms with van der Waals surface area (Å²) in [6, 6.07) is 13.4. The predicted octanol–water partition coefficient (Wildman–Crippen LogP) is 0.982. The van der Waals surface area contributed by atoms with Crippen molar-refractivity contribution in [1.29, 1.82) is 0 Å². The van der Waals surface area contributed by atoms with Crippen LogP contribution in [0.15, 0.2) is 59.3 Å². The Morgan fingerprint density at radius 2 is 1.52 bits per heavy atom. The van der Waals surface area contributed by atoms with Crippen molar-refractivity contribution in [2.45, 2.75) is 12.7 Å². The molecule has 0 bridgehead atoms. The van der Waals surface area contributed by atoms with Crippen LogP contribution in [-0.2, 0) is 11.3 Å². The number of benzene rings is 1. The van der Waals surface area contributed by atoms with Gasteiger partial charge in [0.05, 0.1) is 5.56 Å². The largest absolute Gasteiger partial charge is 0.542 e. The van der Waals surface area contributed by atoms with Gasteiger partial charge in [0.25, 0.3) is 0 Å². The minimum Gasteiger partial charge on any atom is -0.542 e. The van der Waals surface area contributed by atoms with Crippen molar-refractivity contribution in [3.8, 4) is 22.9 Å². The second kappa shape index (κ2) is 8.90. The topological polar surface area (TPSA) is 103 Å². The molecular formula is C17H14F3N3O4. The Kier molecular flexibility index (Phi) is 6.61. The maximum atomic E-state index is 10.5. The predicted molar refractivity (Wildman–Crippen MR) is 83.5 cm³/mol. The summed E-state index contributed by atoms with van der Waals surface area (Å²) in [5.41, 5.74) is 1.76. The summed E-state index contributed by atoms with van der Waals surface area (Å²) in [5, 5.41) is 25.8. The van der Waals surface area contributed by atoms with Crippen LogP contribution in [0.25, 0.3) is 22.9 Å². The number of carbonyl (C=O) groups excluding carboxylic acids is 1. The van der Waals surface area contributed by atoms with E-state index in [2.05, 4.69) is 10.2 Å². The van der Waals surface area contributed by atoms with E-state index in [0.29, 0.717) is 18.3 Å². The number of carboxylic acids is 1. The molecule has 0 radical (unpaired) electrons. The third-order valence-electron chi connectivity index (χ3n) is 3.17. The molecule has 2 aromatic heterocycles. The highest BCUT2D eigenvalue weighted by molar-refractivity contribution is 5.70. The number of hydrogen-bond donors (Lipinski definition) is 1. The number of halogens is 3. The molecule has 0 aliphatic heterocycles. The SMILES string of the molecule is O=C([O-])C(F)(F)F.OCC[n+]1ccc(-c2nnc(-c3ccccc3)o2)cc1. The Labute approximate surface area is 151 Å². The van der Waals surface area contributed by atoms with Crippen LogP contribution in [0.4, 0.5) is 13.2 Å². The molecule has 142 valence electrons. The number of aliphatic hydroxyl groups is 1. The number of hydrogen-bond acceptors (Lipinski definition) is 6. The van der Waals surface area contributed by atoms with Crippen molar-refractivity contribution >= 4 is 5.97 Å². The van der Waals surface area contributed by atoms with Gasteiger partial charge in [-0.1, -0.05) is 18.2 Å². The van der Waals surface area contributed by atoms with Crippen LogP contribution in [0.2, 0.25) is 0 Å². The Morgan fingerprint density at radius 1 is 1.04 bits per heavy atom. The molecule has 27 heavy (non-hydrogen) atoms. The van der Waals surface area contributed by atoms with Gasteiger partial charge >= 0.3 is 6.18 Å². The van der Waals surface area contributed by atoms with Crippen molar-refractivity contribution < 1.29 is 37.2 Å². The Balaban J connectivity index is 0.000000321. The molecule has 0 aliphatic carbocycles. The highest BCUT2D eigenvalue weighted by Gasteiger charge is 2.28. The van der Waals surface area contributed by atoms with Gasteiger partial charge in [-0.05, 0) is 12.1 Å². The molecule has 10 heteroatoms. The van der Waals surface area contributed by atoms with E-state index < -0.39 is 12.1 Å². The Morgan fingerprint density at radius 3 is 1.96 bits per heavy atom. The second-order valence-corrected chi connectivity index (χ2v) is 5.11. The van der Waals surface area contributed by atoms with Crippen molar-refractivity contribution in [2.75, 3.05) is 6.61 Å². The zero-order valence-electron chi connectivity index (χ0n) is 13.8. The molecule has 1 N–H and O–H groups in total. The van der Waals surface area contributed by atoms with E-state index in [0.717, 1.165) is 11.1 Å². The molecule has 0 saturated heterocycles. The van der Waals surface area contributed by atoms with Gasteiger partial charge in [0.2, 0.25) is 11.8 Å². The monoisotopic (exact) mass is 381 g/mol. The molecule has 0 fully saturated rings. The fraction of sp³-hybridized carbons (Fsp3) is 0.176. The number of rotatable bonds is 4. The van der Waals surface area contributed by atoms with Gasteiger partial charge in [-0.25, -0.2) is 4.57 Å². The van der Waals surface area contributed by atoms with E-state index in [9.17, 15) is 13.2 Å². The van der Waals surface area contributed by atoms with Gasteiger partial charge in [0, 0.05) is 17.7 Å². The van der Waals surface area contributed by atoms with Gasteiger partial charge < -0.3 is 19.4 Å². The van der Waals surface area contributed by atoms with E-state index in [1.54, 1.807) is 0 Å². The van der Waals surface area contributed by atoms with E-state index in [1.807, 2.05) is 59.4 Å². The maximum Gasteiger partial charge on any atom is 0.430 e. The fourth-order valence-corrected chi connectivity index (χ4v) is 1.90. The van der Waals surface area contributed by atoms with Gasteiger partial charge in [0.15, 0.2) is 18.9 Å². The summed E-state index contributed by atoms with van der Waals surface area (Å²) in [7, 11) is 0. The normalized spacial score (nSPS) is 10.8. The van der Waals surface area contributed by atoms with Crippen molar-refractivity contribution in [2.24, 2.45) is 0 Å². The quantitative estimate of drug-likeness (QED) is 0.676. The molecule has 7 nitrogen and oxygen atoms in total. The average Bonchev–Trinajstić information content (AvgIpc) is 3.13. The molecule has 2 heterocycles. The van der Waals surface area contributed by atoms with E-state index in [4.69, 9.17) is 19.4 Å². The van der Waals surface area contributed by atoms with Crippen LogP contribution in [0.5, 0.6) is 0 Å². The summed E-state index contributed by atoms with van der Waals surface area (Å²) >= 11 is 0. The highest BCUT2D eigenvalue weighted by atomic mass is 19.4. The lowest BCUT2D eigenvalue weighted by atomic mass is 10.2. The number of pyridine rings is 1. The molecule has 0 saturated carbocycles. The molecule has 0 atom stereocenters. The van der Waals surface area contributed by atoms with Crippen LogP contribution in [-0.4, -0.2) is 34.1 Å². The molecular weight excluding hydrogens is 367 g/mol. The highest BCUT2D eigenvalue weighted by Crippen LogP contribution is 2.22. The number of aliphatic hydroxyl groups excluding tert-OH is 1. The second-order valence-electron chi connectivity index (χ2n) is 5.11. The van der Waals surface area contributed by atoms with E-state index >= 15 is 0 Å². The fourth-order valence-electron chi connectivity index (χ4n) is 1.90. The average molecular weight is 381 g/mol. The van der Waals surface area contributed by atoms with Crippen LogP contribution >= 0.6 is 0 Å². The van der Waals surface area contributed by atoms with Gasteiger partial charge in [-0.15, -0.1) is 10.2 Å². The standard InChI is InChI=1S/C15H14N3O2.C2HF3O2/c19-11-10-18-8-6-13(7-9-18)15-17-16-14(20-15)12-4-2-1-3-5-12;3-2(4,5)1(6)7/h1-9,19H,10-11H2;(H,6,7)/q+1;/p-1. The molecule has 0 aliphatic rings. The summed E-state index contributed by atoms with van der Waals surface area (Å²) in [6.07, 6.45) is -1.45. The van der Waals surface area contributed by atoms with Crippen LogP contribution < -0.4 is 9.67 Å². The van der Waals surface area contributed by atoms with Crippen LogP contribution in [0.1, 0.15) is 0 Å². The molecule has 0 amide bonds. The first-order valence-corrected chi connectivity index (χ1v) is 7.58. The zero-order chi connectivity index (χ0) is 19.9. The van der Waals surface area contributed by atoms with Gasteiger partial charge in [-0.3, -0.25) is 0 Å². The zero-order valence-corrected chi connectivity index (χ0v) is 13.8. The Bertz CT molecular complexity index is 865. The number of alkyl halides is 3. The first-order valence-electron chi connectivity index (χ1n) is 7.58. The first kappa shape index (κ1) is 20.0. The third-order valence-corrected chi connectivity index (χ3v) is 3.17. The van der Waals surface area contributed by atoms with Crippen LogP contribution in [0, 0.1) is 0 Å². The summed E-state index contributed by atoms with van der Waals surface area (Å²) in [5.74, 6) is -2.01. The number of aliphatic carboxylic acids is 1. The maximum absolute atomic E-state index is 10.5. The van der Waals surface area contributed by atoms with E-state index in [1.165, 1.54) is 0 Å². The number of carboxylic acid groups (broad SMARTS) is 1. The smallest absolute Gasteiger partial charge is 0.430 e. The van der Waals surface area contributed by atoms with Gasteiger partial charge in [0.1, 0.15) is 12.6 Å². The lowest BCUT2D eigenvalue weighted by molar-refractivity contribution is -0.698. The molecule has 0 spiro atoms. The van der Waals surface area contributed by atoms with Crippen LogP contribution in [0.3, 0.4) is 0 Å². The van der Waals surface area contributed by atoms with Crippen molar-refractivity contribution in [1.82, 2.24) is 10.2 Å². The summed E-state index contributed by atoms with van der Waals surface area (Å²) in [4.78, 5) is 8.78. The third kappa shape index (κ3) is 5.89. The molecule has 3 rings (SSSR count). The van der Waals surface area contributed by atoms with E-state index in [-0.39, 0.29) is 6.61 Å². The lowest BCUT2D eigenvalue weighted by Crippen LogP contribution is -2.37. The van der Waals surface area contributed by atoms with Crippen molar-refractivity contribution in [3.05, 3.63) is 54.9 Å². The van der Waals surface area contributed by atoms with Crippen molar-refractivity contribution in [3.63, 3.8) is 0 Å². The Hall–Kier alpha value is -3.27. The lowest BCUT2D eigenvalue weighted by Gasteiger charge is -2.03. The van der Waals surface area contributed by atoms with Gasteiger partial charge in [-0.2, -0.15) is 13.2 Å². The first-order chi connectivity index (χ1) is 12.8. The summed E-state index contributed by atoms with van der Waals surface area (Å²) < 4.78 is 39.1. The number of nitrogens with zero attached hydrogens (tertiary/aromatic N) is 3. The molecule has 0 unspecified atom stereocenters. The molecule has 1 aromatic carbocycles. The molecule has 3 aromatic rings.